The monoisotopic (exact) mass is 295 g/mol. The van der Waals surface area contributed by atoms with Gasteiger partial charge in [-0.2, -0.15) is 0 Å². The van der Waals surface area contributed by atoms with Gasteiger partial charge in [0.2, 0.25) is 5.91 Å². The van der Waals surface area contributed by atoms with Crippen LogP contribution in [0.1, 0.15) is 24.6 Å². The summed E-state index contributed by atoms with van der Waals surface area (Å²) in [4.78, 5) is 18.2. The van der Waals surface area contributed by atoms with Crippen LogP contribution >= 0.6 is 11.3 Å². The van der Waals surface area contributed by atoms with Gasteiger partial charge in [-0.15, -0.1) is 11.3 Å². The molecule has 2 rings (SSSR count). The van der Waals surface area contributed by atoms with Crippen LogP contribution in [0.25, 0.3) is 0 Å². The predicted molar refractivity (Wildman–Crippen MR) is 83.6 cm³/mol. The summed E-state index contributed by atoms with van der Waals surface area (Å²) >= 11 is 1.80. The lowest BCUT2D eigenvalue weighted by molar-refractivity contribution is -0.137. The second-order valence-electron chi connectivity index (χ2n) is 5.40. The first-order chi connectivity index (χ1) is 9.74. The summed E-state index contributed by atoms with van der Waals surface area (Å²) in [6.07, 6.45) is 1.93. The maximum Gasteiger partial charge on any atom is 0.227 e. The summed E-state index contributed by atoms with van der Waals surface area (Å²) in [6.45, 7) is 7.20. The molecule has 112 valence electrons. The molecule has 1 fully saturated rings. The van der Waals surface area contributed by atoms with Crippen molar-refractivity contribution in [2.24, 2.45) is 11.7 Å². The van der Waals surface area contributed by atoms with Gasteiger partial charge in [-0.05, 0) is 17.9 Å². The van der Waals surface area contributed by atoms with E-state index in [-0.39, 0.29) is 11.8 Å². The minimum Gasteiger partial charge on any atom is -0.340 e. The highest BCUT2D eigenvalue weighted by Gasteiger charge is 2.26. The van der Waals surface area contributed by atoms with Gasteiger partial charge in [-0.25, -0.2) is 0 Å². The fourth-order valence-corrected chi connectivity index (χ4v) is 3.44. The zero-order chi connectivity index (χ0) is 14.4. The lowest BCUT2D eigenvalue weighted by Gasteiger charge is -2.36. The zero-order valence-electron chi connectivity index (χ0n) is 12.3. The van der Waals surface area contributed by atoms with Crippen molar-refractivity contribution in [1.29, 1.82) is 0 Å². The number of thiophene rings is 1. The Balaban J connectivity index is 1.79. The summed E-state index contributed by atoms with van der Waals surface area (Å²) < 4.78 is 0. The van der Waals surface area contributed by atoms with E-state index < -0.39 is 0 Å². The van der Waals surface area contributed by atoms with Crippen molar-refractivity contribution in [3.63, 3.8) is 0 Å². The quantitative estimate of drug-likeness (QED) is 0.870. The van der Waals surface area contributed by atoms with Crippen LogP contribution in [0.15, 0.2) is 17.5 Å². The van der Waals surface area contributed by atoms with Gasteiger partial charge in [0.05, 0.1) is 5.92 Å². The van der Waals surface area contributed by atoms with Gasteiger partial charge < -0.3 is 10.6 Å². The van der Waals surface area contributed by atoms with Crippen LogP contribution in [0.3, 0.4) is 0 Å². The molecule has 5 heteroatoms. The first-order valence-corrected chi connectivity index (χ1v) is 8.36. The Morgan fingerprint density at radius 1 is 1.40 bits per heavy atom. The molecular weight excluding hydrogens is 270 g/mol. The molecule has 2 heterocycles. The van der Waals surface area contributed by atoms with Crippen molar-refractivity contribution < 1.29 is 4.79 Å². The second kappa shape index (κ2) is 7.76. The molecule has 1 amide bonds. The van der Waals surface area contributed by atoms with E-state index in [1.165, 1.54) is 4.88 Å². The Labute approximate surface area is 125 Å². The molecule has 0 spiro atoms. The number of rotatable bonds is 6. The van der Waals surface area contributed by atoms with Gasteiger partial charge in [-0.3, -0.25) is 9.69 Å². The highest BCUT2D eigenvalue weighted by atomic mass is 32.1. The molecule has 20 heavy (non-hydrogen) atoms. The lowest BCUT2D eigenvalue weighted by atomic mass is 10.0. The van der Waals surface area contributed by atoms with E-state index in [0.29, 0.717) is 6.54 Å². The Bertz CT molecular complexity index is 399. The number of carbonyl (C=O) groups excluding carboxylic acids is 1. The molecular formula is C15H25N3OS. The molecule has 0 aliphatic carbocycles. The minimum atomic E-state index is 0.0174. The van der Waals surface area contributed by atoms with Gasteiger partial charge in [-0.1, -0.05) is 19.4 Å². The Morgan fingerprint density at radius 3 is 2.70 bits per heavy atom. The van der Waals surface area contributed by atoms with E-state index in [1.807, 2.05) is 4.90 Å². The van der Waals surface area contributed by atoms with Crippen LogP contribution in [-0.4, -0.2) is 48.4 Å². The highest BCUT2D eigenvalue weighted by molar-refractivity contribution is 7.09. The van der Waals surface area contributed by atoms with E-state index in [4.69, 9.17) is 5.73 Å². The van der Waals surface area contributed by atoms with E-state index in [0.717, 1.165) is 45.6 Å². The third-order valence-corrected chi connectivity index (χ3v) is 4.78. The maximum absolute atomic E-state index is 12.4. The van der Waals surface area contributed by atoms with E-state index in [1.54, 1.807) is 11.3 Å². The summed E-state index contributed by atoms with van der Waals surface area (Å²) in [5.74, 6) is 0.272. The van der Waals surface area contributed by atoms with Crippen molar-refractivity contribution in [2.45, 2.75) is 26.3 Å². The summed E-state index contributed by atoms with van der Waals surface area (Å²) in [6, 6.07) is 4.27. The van der Waals surface area contributed by atoms with Gasteiger partial charge in [0.15, 0.2) is 0 Å². The van der Waals surface area contributed by atoms with Crippen LogP contribution in [0.5, 0.6) is 0 Å². The van der Waals surface area contributed by atoms with Crippen LogP contribution in [-0.2, 0) is 11.3 Å². The number of carbonyl (C=O) groups is 1. The maximum atomic E-state index is 12.4. The van der Waals surface area contributed by atoms with Gasteiger partial charge in [0.25, 0.3) is 0 Å². The van der Waals surface area contributed by atoms with Crippen LogP contribution in [0, 0.1) is 5.92 Å². The van der Waals surface area contributed by atoms with Gasteiger partial charge >= 0.3 is 0 Å². The average Bonchev–Trinajstić information content (AvgIpc) is 2.98. The molecule has 1 unspecified atom stereocenters. The number of nitrogens with two attached hydrogens (primary N) is 1. The molecule has 1 aliphatic heterocycles. The summed E-state index contributed by atoms with van der Waals surface area (Å²) in [5.41, 5.74) is 5.73. The molecule has 4 nitrogen and oxygen atoms in total. The Morgan fingerprint density at radius 2 is 2.15 bits per heavy atom. The first kappa shape index (κ1) is 15.5. The average molecular weight is 295 g/mol. The van der Waals surface area contributed by atoms with E-state index >= 15 is 0 Å². The SMILES string of the molecule is CCCC(CN)C(=O)N1CCN(Cc2cccs2)CC1. The fraction of sp³-hybridized carbons (Fsp3) is 0.667. The standard InChI is InChI=1S/C15H25N3OS/c1-2-4-13(11-16)15(19)18-8-6-17(7-9-18)12-14-5-3-10-20-14/h3,5,10,13H,2,4,6-9,11-12,16H2,1H3. The minimum absolute atomic E-state index is 0.0174. The van der Waals surface area contributed by atoms with Gasteiger partial charge in [0.1, 0.15) is 0 Å². The molecule has 0 saturated carbocycles. The van der Waals surface area contributed by atoms with Crippen molar-refractivity contribution in [3.8, 4) is 0 Å². The van der Waals surface area contributed by atoms with Gasteiger partial charge in [0, 0.05) is 44.1 Å². The Kier molecular flexibility index (Phi) is 6.01. The number of amides is 1. The van der Waals surface area contributed by atoms with Crippen molar-refractivity contribution in [1.82, 2.24) is 9.80 Å². The normalized spacial score (nSPS) is 18.2. The number of nitrogens with zero attached hydrogens (tertiary/aromatic N) is 2. The fourth-order valence-electron chi connectivity index (χ4n) is 2.70. The van der Waals surface area contributed by atoms with Crippen molar-refractivity contribution >= 4 is 17.2 Å². The molecule has 1 saturated heterocycles. The van der Waals surface area contributed by atoms with E-state index in [2.05, 4.69) is 29.3 Å². The highest BCUT2D eigenvalue weighted by Crippen LogP contribution is 2.15. The van der Waals surface area contributed by atoms with Crippen LogP contribution < -0.4 is 5.73 Å². The number of hydrogen-bond donors (Lipinski definition) is 1. The molecule has 0 aromatic carbocycles. The third-order valence-electron chi connectivity index (χ3n) is 3.91. The first-order valence-electron chi connectivity index (χ1n) is 7.48. The van der Waals surface area contributed by atoms with Crippen molar-refractivity contribution in [2.75, 3.05) is 32.7 Å². The molecule has 0 bridgehead atoms. The smallest absolute Gasteiger partial charge is 0.227 e. The van der Waals surface area contributed by atoms with Crippen LogP contribution in [0.2, 0.25) is 0 Å². The summed E-state index contributed by atoms with van der Waals surface area (Å²) in [7, 11) is 0. The Hall–Kier alpha value is -0.910. The largest absolute Gasteiger partial charge is 0.340 e. The molecule has 0 radical (unpaired) electrons. The summed E-state index contributed by atoms with van der Waals surface area (Å²) in [5, 5.41) is 2.12. The number of piperazine rings is 1. The second-order valence-corrected chi connectivity index (χ2v) is 6.43. The van der Waals surface area contributed by atoms with Crippen molar-refractivity contribution in [3.05, 3.63) is 22.4 Å². The molecule has 1 atom stereocenters. The van der Waals surface area contributed by atoms with E-state index in [9.17, 15) is 4.79 Å². The topological polar surface area (TPSA) is 49.6 Å². The predicted octanol–water partition coefficient (Wildman–Crippen LogP) is 1.77. The lowest BCUT2D eigenvalue weighted by Crippen LogP contribution is -2.50. The third kappa shape index (κ3) is 4.04. The molecule has 2 N–H and O–H groups in total. The number of hydrogen-bond acceptors (Lipinski definition) is 4. The zero-order valence-corrected chi connectivity index (χ0v) is 13.1. The molecule has 1 aromatic heterocycles. The molecule has 1 aromatic rings. The van der Waals surface area contributed by atoms with Crippen LogP contribution in [0.4, 0.5) is 0 Å². The molecule has 1 aliphatic rings.